The first-order valence-corrected chi connectivity index (χ1v) is 10.00. The molecule has 0 amide bonds. The molecule has 1 aliphatic rings. The van der Waals surface area contributed by atoms with Gasteiger partial charge < -0.3 is 26.4 Å². The zero-order valence-corrected chi connectivity index (χ0v) is 17.3. The second-order valence-corrected chi connectivity index (χ2v) is 7.26. The van der Waals surface area contributed by atoms with E-state index in [9.17, 15) is 8.78 Å². The second-order valence-electron chi connectivity index (χ2n) is 7.26. The Morgan fingerprint density at radius 1 is 1.29 bits per heavy atom. The molecule has 8 nitrogen and oxygen atoms in total. The third-order valence-corrected chi connectivity index (χ3v) is 4.96. The van der Waals surface area contributed by atoms with Crippen LogP contribution in [0.5, 0.6) is 0 Å². The molecule has 1 saturated heterocycles. The van der Waals surface area contributed by atoms with Gasteiger partial charge in [0.15, 0.2) is 0 Å². The highest BCUT2D eigenvalue weighted by Gasteiger charge is 2.34. The Kier molecular flexibility index (Phi) is 7.35. The Bertz CT molecular complexity index is 950. The number of hydrogen-bond donors (Lipinski definition) is 4. The van der Waals surface area contributed by atoms with E-state index >= 15 is 0 Å². The summed E-state index contributed by atoms with van der Waals surface area (Å²) in [5, 5.41) is 21.1. The Morgan fingerprint density at radius 2 is 2.06 bits per heavy atom. The maximum Gasteiger partial charge on any atom is 0.251 e. The molecule has 0 bridgehead atoms. The second kappa shape index (κ2) is 10.2. The summed E-state index contributed by atoms with van der Waals surface area (Å²) >= 11 is 0. The van der Waals surface area contributed by atoms with Crippen LogP contribution in [0, 0.1) is 10.8 Å². The molecular formula is C21H26F2N8. The summed E-state index contributed by atoms with van der Waals surface area (Å²) in [5.74, 6) is -1.91. The highest BCUT2D eigenvalue weighted by molar-refractivity contribution is 6.31. The lowest BCUT2D eigenvalue weighted by molar-refractivity contribution is -0.0220. The van der Waals surface area contributed by atoms with Gasteiger partial charge in [0.1, 0.15) is 5.82 Å². The Hall–Kier alpha value is -3.27. The number of aromatic nitrogens is 2. The predicted octanol–water partition coefficient (Wildman–Crippen LogP) is 3.26. The number of rotatable bonds is 9. The lowest BCUT2D eigenvalue weighted by Gasteiger charge is -2.33. The van der Waals surface area contributed by atoms with Crippen LogP contribution in [0.4, 0.5) is 26.2 Å². The lowest BCUT2D eigenvalue weighted by Crippen LogP contribution is -2.39. The van der Waals surface area contributed by atoms with Gasteiger partial charge in [0, 0.05) is 63.3 Å². The summed E-state index contributed by atoms with van der Waals surface area (Å²) in [4.78, 5) is 14.7. The smallest absolute Gasteiger partial charge is 0.251 e. The average Bonchev–Trinajstić information content (AvgIpc) is 2.77. The van der Waals surface area contributed by atoms with Crippen molar-refractivity contribution >= 4 is 35.6 Å². The number of aliphatic imine (C=N–C) groups is 1. The number of hydrogen-bond acceptors (Lipinski definition) is 8. The summed E-state index contributed by atoms with van der Waals surface area (Å²) in [6.07, 6.45) is 3.54. The Balaban J connectivity index is 1.72. The number of halogens is 2. The van der Waals surface area contributed by atoms with E-state index in [0.29, 0.717) is 43.3 Å². The van der Waals surface area contributed by atoms with Crippen LogP contribution in [0.25, 0.3) is 0 Å². The number of alkyl halides is 2. The van der Waals surface area contributed by atoms with Gasteiger partial charge in [-0.1, -0.05) is 12.1 Å². The maximum absolute atomic E-state index is 13.4. The largest absolute Gasteiger partial charge is 0.371 e. The first kappa shape index (κ1) is 22.4. The van der Waals surface area contributed by atoms with Gasteiger partial charge in [-0.3, -0.25) is 0 Å². The summed E-state index contributed by atoms with van der Waals surface area (Å²) in [6, 6.07) is 7.74. The topological polar surface area (TPSA) is 113 Å². The molecule has 164 valence electrons. The number of benzene rings is 1. The van der Waals surface area contributed by atoms with Crippen molar-refractivity contribution in [3.63, 3.8) is 0 Å². The van der Waals surface area contributed by atoms with Crippen molar-refractivity contribution in [2.24, 2.45) is 4.99 Å². The van der Waals surface area contributed by atoms with Crippen LogP contribution >= 0.6 is 0 Å². The Labute approximate surface area is 179 Å². The van der Waals surface area contributed by atoms with Gasteiger partial charge in [0.25, 0.3) is 11.9 Å². The van der Waals surface area contributed by atoms with Gasteiger partial charge in [-0.15, -0.1) is 0 Å². The minimum Gasteiger partial charge on any atom is -0.371 e. The Morgan fingerprint density at radius 3 is 2.74 bits per heavy atom. The van der Waals surface area contributed by atoms with Crippen molar-refractivity contribution in [1.82, 2.24) is 15.3 Å². The average molecular weight is 428 g/mol. The van der Waals surface area contributed by atoms with Crippen LogP contribution in [-0.4, -0.2) is 60.7 Å². The third-order valence-electron chi connectivity index (χ3n) is 4.96. The maximum atomic E-state index is 13.4. The van der Waals surface area contributed by atoms with Crippen molar-refractivity contribution in [3.05, 3.63) is 41.6 Å². The summed E-state index contributed by atoms with van der Waals surface area (Å²) in [7, 11) is 1.76. The summed E-state index contributed by atoms with van der Waals surface area (Å²) in [6.45, 7) is 1.51. The van der Waals surface area contributed by atoms with E-state index in [4.69, 9.17) is 10.8 Å². The van der Waals surface area contributed by atoms with Gasteiger partial charge >= 0.3 is 0 Å². The molecule has 0 aliphatic carbocycles. The van der Waals surface area contributed by atoms with Gasteiger partial charge in [-0.2, -0.15) is 4.98 Å². The summed E-state index contributed by atoms with van der Waals surface area (Å²) < 4.78 is 26.9. The fourth-order valence-corrected chi connectivity index (χ4v) is 3.26. The molecule has 0 saturated carbocycles. The van der Waals surface area contributed by atoms with E-state index < -0.39 is 5.92 Å². The van der Waals surface area contributed by atoms with E-state index in [2.05, 4.69) is 25.6 Å². The van der Waals surface area contributed by atoms with Gasteiger partial charge in [-0.25, -0.2) is 18.8 Å². The van der Waals surface area contributed by atoms with Crippen LogP contribution in [0.1, 0.15) is 24.0 Å². The first-order valence-electron chi connectivity index (χ1n) is 10.00. The molecule has 2 aromatic rings. The molecule has 1 aromatic heterocycles. The molecule has 0 radical (unpaired) electrons. The van der Waals surface area contributed by atoms with Crippen LogP contribution in [0.2, 0.25) is 0 Å². The van der Waals surface area contributed by atoms with E-state index in [-0.39, 0.29) is 18.8 Å². The lowest BCUT2D eigenvalue weighted by atomic mass is 10.1. The zero-order chi connectivity index (χ0) is 22.3. The zero-order valence-electron chi connectivity index (χ0n) is 17.3. The molecule has 1 aliphatic heterocycles. The monoisotopic (exact) mass is 428 g/mol. The number of anilines is 2. The minimum atomic E-state index is -2.57. The standard InChI is InChI=1S/C21H26F2N8/c1-26-14-17(11-25)29-20-28-13-16(10-24)19(30-20)27-12-15-3-2-4-18(9-15)31-7-5-21(22,23)6-8-31/h2-4,9-11,13,24-26H,5-8,12,14H2,1H3,(H,27,28,30). The van der Waals surface area contributed by atoms with Crippen molar-refractivity contribution in [1.29, 1.82) is 10.8 Å². The van der Waals surface area contributed by atoms with Crippen molar-refractivity contribution < 1.29 is 8.78 Å². The SMILES string of the molecule is CNCC(C=N)=Nc1ncc(C=N)c(NCc2cccc(N3CCC(F)(F)CC3)c2)n1. The fourth-order valence-electron chi connectivity index (χ4n) is 3.26. The highest BCUT2D eigenvalue weighted by Crippen LogP contribution is 2.30. The van der Waals surface area contributed by atoms with E-state index in [1.54, 1.807) is 7.05 Å². The molecule has 0 unspecified atom stereocenters. The van der Waals surface area contributed by atoms with Crippen LogP contribution in [-0.2, 0) is 6.54 Å². The number of nitrogens with one attached hydrogen (secondary N) is 4. The molecule has 1 aromatic carbocycles. The van der Waals surface area contributed by atoms with Gasteiger partial charge in [-0.05, 0) is 24.7 Å². The van der Waals surface area contributed by atoms with Crippen molar-refractivity contribution in [2.45, 2.75) is 25.3 Å². The molecule has 0 atom stereocenters. The van der Waals surface area contributed by atoms with Gasteiger partial charge in [0.05, 0.1) is 11.3 Å². The molecule has 4 N–H and O–H groups in total. The molecule has 31 heavy (non-hydrogen) atoms. The van der Waals surface area contributed by atoms with Gasteiger partial charge in [0.2, 0.25) is 0 Å². The summed E-state index contributed by atoms with van der Waals surface area (Å²) in [5.41, 5.74) is 2.87. The third kappa shape index (κ3) is 6.11. The normalized spacial score (nSPS) is 16.1. The van der Waals surface area contributed by atoms with Crippen LogP contribution < -0.4 is 15.5 Å². The van der Waals surface area contributed by atoms with E-state index in [1.165, 1.54) is 6.20 Å². The van der Waals surface area contributed by atoms with E-state index in [1.807, 2.05) is 29.2 Å². The van der Waals surface area contributed by atoms with Crippen LogP contribution in [0.15, 0.2) is 35.5 Å². The van der Waals surface area contributed by atoms with Crippen LogP contribution in [0.3, 0.4) is 0 Å². The number of piperidine rings is 1. The molecular weight excluding hydrogens is 402 g/mol. The fraction of sp³-hybridized carbons (Fsp3) is 0.381. The number of nitrogens with zero attached hydrogens (tertiary/aromatic N) is 4. The minimum absolute atomic E-state index is 0.131. The molecule has 0 spiro atoms. The van der Waals surface area contributed by atoms with Crippen molar-refractivity contribution in [2.75, 3.05) is 36.9 Å². The molecule has 1 fully saturated rings. The molecule has 3 rings (SSSR count). The first-order chi connectivity index (χ1) is 14.9. The quantitative estimate of drug-likeness (QED) is 0.458. The highest BCUT2D eigenvalue weighted by atomic mass is 19.3. The van der Waals surface area contributed by atoms with E-state index in [0.717, 1.165) is 23.7 Å². The predicted molar refractivity (Wildman–Crippen MR) is 120 cm³/mol. The molecule has 2 heterocycles. The molecule has 10 heteroatoms. The van der Waals surface area contributed by atoms with Crippen molar-refractivity contribution in [3.8, 4) is 0 Å².